The highest BCUT2D eigenvalue weighted by Gasteiger charge is 2.28. The fourth-order valence-corrected chi connectivity index (χ4v) is 5.40. The monoisotopic (exact) mass is 431 g/mol. The summed E-state index contributed by atoms with van der Waals surface area (Å²) in [5.41, 5.74) is 4.56. The Hall–Kier alpha value is -2.69. The minimum atomic E-state index is 0.237. The Morgan fingerprint density at radius 2 is 1.88 bits per heavy atom. The smallest absolute Gasteiger partial charge is 0.223 e. The summed E-state index contributed by atoms with van der Waals surface area (Å²) < 4.78 is 6.33. The van der Waals surface area contributed by atoms with Crippen molar-refractivity contribution in [2.75, 3.05) is 13.1 Å². The van der Waals surface area contributed by atoms with Gasteiger partial charge in [-0.1, -0.05) is 36.8 Å². The molecule has 32 heavy (non-hydrogen) atoms. The third-order valence-corrected chi connectivity index (χ3v) is 7.18. The Balaban J connectivity index is 1.21. The lowest BCUT2D eigenvalue weighted by Crippen LogP contribution is -2.39. The summed E-state index contributed by atoms with van der Waals surface area (Å²) in [5, 5.41) is 0. The molecule has 1 aromatic carbocycles. The highest BCUT2D eigenvalue weighted by molar-refractivity contribution is 6.06. The molecule has 0 bridgehead atoms. The van der Waals surface area contributed by atoms with E-state index in [0.29, 0.717) is 25.3 Å². The average molecular weight is 432 g/mol. The van der Waals surface area contributed by atoms with Gasteiger partial charge in [-0.15, -0.1) is 0 Å². The van der Waals surface area contributed by atoms with Crippen molar-refractivity contribution in [2.24, 2.45) is 4.99 Å². The van der Waals surface area contributed by atoms with Crippen LogP contribution in [0.4, 0.5) is 0 Å². The first kappa shape index (κ1) is 21.2. The lowest BCUT2D eigenvalue weighted by atomic mass is 9.90. The molecule has 1 saturated carbocycles. The van der Waals surface area contributed by atoms with Crippen molar-refractivity contribution in [2.45, 2.75) is 76.4 Å². The van der Waals surface area contributed by atoms with Crippen LogP contribution < -0.4 is 4.74 Å². The van der Waals surface area contributed by atoms with Crippen molar-refractivity contribution >= 4 is 11.6 Å². The van der Waals surface area contributed by atoms with E-state index in [1.165, 1.54) is 30.4 Å². The third-order valence-electron chi connectivity index (χ3n) is 7.18. The average Bonchev–Trinajstić information content (AvgIpc) is 3.28. The van der Waals surface area contributed by atoms with Crippen molar-refractivity contribution < 1.29 is 9.53 Å². The molecule has 3 aliphatic rings. The van der Waals surface area contributed by atoms with E-state index in [-0.39, 0.29) is 12.0 Å². The van der Waals surface area contributed by atoms with Gasteiger partial charge in [-0.3, -0.25) is 9.79 Å². The van der Waals surface area contributed by atoms with Crippen LogP contribution in [0, 0.1) is 0 Å². The summed E-state index contributed by atoms with van der Waals surface area (Å²) in [7, 11) is 0. The second-order valence-corrected chi connectivity index (χ2v) is 9.38. The molecular weight excluding hydrogens is 398 g/mol. The second-order valence-electron chi connectivity index (χ2n) is 9.38. The number of carbonyl (C=O) groups is 1. The first-order valence-corrected chi connectivity index (χ1v) is 12.3. The largest absolute Gasteiger partial charge is 0.474 e. The van der Waals surface area contributed by atoms with E-state index < -0.39 is 0 Å². The number of hydrogen-bond acceptors (Lipinski definition) is 4. The maximum absolute atomic E-state index is 13.1. The van der Waals surface area contributed by atoms with Gasteiger partial charge in [-0.05, 0) is 62.1 Å². The minimum Gasteiger partial charge on any atom is -0.474 e. The molecule has 1 amide bonds. The van der Waals surface area contributed by atoms with E-state index in [0.717, 1.165) is 55.9 Å². The summed E-state index contributed by atoms with van der Waals surface area (Å²) in [4.78, 5) is 24.4. The predicted molar refractivity (Wildman–Crippen MR) is 126 cm³/mol. The van der Waals surface area contributed by atoms with Crippen LogP contribution in [-0.2, 0) is 11.3 Å². The second kappa shape index (κ2) is 9.85. The fraction of sp³-hybridized carbons (Fsp3) is 0.519. The lowest BCUT2D eigenvalue weighted by molar-refractivity contribution is -0.132. The summed E-state index contributed by atoms with van der Waals surface area (Å²) >= 11 is 0. The van der Waals surface area contributed by atoms with Gasteiger partial charge in [-0.2, -0.15) is 0 Å². The number of pyridine rings is 1. The number of hydrogen-bond donors (Lipinski definition) is 0. The molecular formula is C27H33N3O2. The van der Waals surface area contributed by atoms with Crippen LogP contribution in [0.5, 0.6) is 5.88 Å². The summed E-state index contributed by atoms with van der Waals surface area (Å²) in [6.07, 6.45) is 11.4. The van der Waals surface area contributed by atoms with Gasteiger partial charge in [0.25, 0.3) is 0 Å². The van der Waals surface area contributed by atoms with Gasteiger partial charge in [-0.25, -0.2) is 4.98 Å². The third kappa shape index (κ3) is 4.72. The van der Waals surface area contributed by atoms with Crippen molar-refractivity contribution in [1.29, 1.82) is 0 Å². The van der Waals surface area contributed by atoms with Crippen LogP contribution in [0.3, 0.4) is 0 Å². The summed E-state index contributed by atoms with van der Waals surface area (Å²) in [5.74, 6) is 1.40. The number of piperidine rings is 1. The van der Waals surface area contributed by atoms with E-state index in [1.54, 1.807) is 0 Å². The van der Waals surface area contributed by atoms with Crippen molar-refractivity contribution in [3.8, 4) is 5.88 Å². The SMILES string of the molecule is O=C(CCC1=NCc2ccnc(OC3CCCCC3)c21)N1CCC[C@H](c2ccccc2)C1. The van der Waals surface area contributed by atoms with Crippen molar-refractivity contribution in [3.63, 3.8) is 0 Å². The van der Waals surface area contributed by atoms with Crippen LogP contribution in [0.2, 0.25) is 0 Å². The number of likely N-dealkylation sites (tertiary alicyclic amines) is 1. The van der Waals surface area contributed by atoms with Gasteiger partial charge in [0.05, 0.1) is 12.1 Å². The molecule has 0 N–H and O–H groups in total. The van der Waals surface area contributed by atoms with Gasteiger partial charge < -0.3 is 9.64 Å². The Morgan fingerprint density at radius 3 is 2.72 bits per heavy atom. The molecule has 3 heterocycles. The maximum Gasteiger partial charge on any atom is 0.223 e. The number of carbonyl (C=O) groups excluding carboxylic acids is 1. The highest BCUT2D eigenvalue weighted by Crippen LogP contribution is 2.32. The molecule has 2 aliphatic heterocycles. The predicted octanol–water partition coefficient (Wildman–Crippen LogP) is 5.28. The molecule has 0 unspecified atom stereocenters. The molecule has 5 nitrogen and oxygen atoms in total. The van der Waals surface area contributed by atoms with Gasteiger partial charge in [0.15, 0.2) is 0 Å². The molecule has 5 heteroatoms. The molecule has 168 valence electrons. The van der Waals surface area contributed by atoms with E-state index >= 15 is 0 Å². The van der Waals surface area contributed by atoms with Crippen LogP contribution in [0.1, 0.15) is 80.4 Å². The lowest BCUT2D eigenvalue weighted by Gasteiger charge is -2.33. The van der Waals surface area contributed by atoms with Gasteiger partial charge >= 0.3 is 0 Å². The zero-order valence-electron chi connectivity index (χ0n) is 18.8. The topological polar surface area (TPSA) is 54.8 Å². The molecule has 1 aromatic heterocycles. The Kier molecular flexibility index (Phi) is 6.51. The first-order chi connectivity index (χ1) is 15.8. The molecule has 0 radical (unpaired) electrons. The number of ether oxygens (including phenoxy) is 1. The Morgan fingerprint density at radius 1 is 1.03 bits per heavy atom. The van der Waals surface area contributed by atoms with Crippen LogP contribution >= 0.6 is 0 Å². The van der Waals surface area contributed by atoms with Crippen LogP contribution in [0.25, 0.3) is 0 Å². The summed E-state index contributed by atoms with van der Waals surface area (Å²) in [6, 6.07) is 12.6. The molecule has 0 spiro atoms. The van der Waals surface area contributed by atoms with Crippen molar-refractivity contribution in [3.05, 3.63) is 59.3 Å². The molecule has 5 rings (SSSR count). The van der Waals surface area contributed by atoms with E-state index in [4.69, 9.17) is 9.73 Å². The zero-order valence-corrected chi connectivity index (χ0v) is 18.8. The number of aromatic nitrogens is 1. The Bertz CT molecular complexity index is 966. The maximum atomic E-state index is 13.1. The van der Waals surface area contributed by atoms with E-state index in [9.17, 15) is 4.79 Å². The number of nitrogens with zero attached hydrogens (tertiary/aromatic N) is 3. The van der Waals surface area contributed by atoms with Gasteiger partial charge in [0.1, 0.15) is 6.10 Å². The van der Waals surface area contributed by atoms with Gasteiger partial charge in [0.2, 0.25) is 11.8 Å². The molecule has 2 aromatic rings. The first-order valence-electron chi connectivity index (χ1n) is 12.3. The quantitative estimate of drug-likeness (QED) is 0.625. The fourth-order valence-electron chi connectivity index (χ4n) is 5.40. The normalized spacial score (nSPS) is 21.2. The molecule has 1 aliphatic carbocycles. The van der Waals surface area contributed by atoms with E-state index in [2.05, 4.69) is 40.2 Å². The molecule has 1 atom stereocenters. The number of fused-ring (bicyclic) bond motifs is 1. The highest BCUT2D eigenvalue weighted by atomic mass is 16.5. The van der Waals surface area contributed by atoms with Crippen LogP contribution in [-0.4, -0.2) is 40.7 Å². The Labute approximate surface area is 190 Å². The summed E-state index contributed by atoms with van der Waals surface area (Å²) in [6.45, 7) is 2.36. The standard InChI is InChI=1S/C27H33N3O2/c31-25(30-17-7-10-22(19-30)20-8-3-1-4-9-20)14-13-24-26-21(18-29-24)15-16-28-27(26)32-23-11-5-2-6-12-23/h1,3-4,8-9,15-16,22-23H,2,5-7,10-14,17-19H2/t22-/m0/s1. The molecule has 1 saturated heterocycles. The van der Waals surface area contributed by atoms with Gasteiger partial charge in [0, 0.05) is 37.3 Å². The molecule has 2 fully saturated rings. The number of amides is 1. The van der Waals surface area contributed by atoms with Crippen molar-refractivity contribution in [1.82, 2.24) is 9.88 Å². The number of aliphatic imine (C=N–C) groups is 1. The van der Waals surface area contributed by atoms with E-state index in [1.807, 2.05) is 12.3 Å². The number of rotatable bonds is 6. The number of benzene rings is 1. The minimum absolute atomic E-state index is 0.237. The van der Waals surface area contributed by atoms with Crippen LogP contribution in [0.15, 0.2) is 47.6 Å². The zero-order chi connectivity index (χ0) is 21.8.